The maximum atomic E-state index is 5.33. The van der Waals surface area contributed by atoms with E-state index in [1.54, 1.807) is 0 Å². The summed E-state index contributed by atoms with van der Waals surface area (Å²) in [5, 5.41) is 3.15. The zero-order valence-electron chi connectivity index (χ0n) is 6.73. The maximum Gasteiger partial charge on any atom is 0.169 e. The van der Waals surface area contributed by atoms with E-state index in [-0.39, 0.29) is 0 Å². The monoisotopic (exact) mass is 217 g/mol. The van der Waals surface area contributed by atoms with Gasteiger partial charge in [0.25, 0.3) is 0 Å². The molecule has 0 radical (unpaired) electrons. The largest absolute Gasteiger partial charge is 0.454 e. The Hall–Kier alpha value is -0.280. The molecule has 2 nitrogen and oxygen atoms in total. The molecule has 0 amide bonds. The highest BCUT2D eigenvalue weighted by Gasteiger charge is 2.03. The van der Waals surface area contributed by atoms with Crippen LogP contribution in [0.3, 0.4) is 0 Å². The second kappa shape index (κ2) is 3.93. The van der Waals surface area contributed by atoms with Gasteiger partial charge in [-0.25, -0.2) is 0 Å². The summed E-state index contributed by atoms with van der Waals surface area (Å²) in [4.78, 5) is 0. The van der Waals surface area contributed by atoms with Gasteiger partial charge in [-0.15, -0.1) is 0 Å². The van der Waals surface area contributed by atoms with Gasteiger partial charge in [0, 0.05) is 12.5 Å². The van der Waals surface area contributed by atoms with Gasteiger partial charge in [-0.3, -0.25) is 0 Å². The number of furan rings is 1. The number of likely N-dealkylation sites (N-methyl/N-ethyl adjacent to an activating group) is 1. The average Bonchev–Trinajstić information content (AvgIpc) is 2.35. The summed E-state index contributed by atoms with van der Waals surface area (Å²) in [5.41, 5.74) is 0. The molecule has 1 atom stereocenters. The Morgan fingerprint density at radius 1 is 1.64 bits per heavy atom. The van der Waals surface area contributed by atoms with Gasteiger partial charge in [0.05, 0.1) is 0 Å². The van der Waals surface area contributed by atoms with E-state index in [9.17, 15) is 0 Å². The van der Waals surface area contributed by atoms with E-state index in [4.69, 9.17) is 4.42 Å². The first-order chi connectivity index (χ1) is 5.22. The number of hydrogen-bond donors (Lipinski definition) is 1. The predicted molar refractivity (Wildman–Crippen MR) is 48.6 cm³/mol. The molecule has 1 heterocycles. The fraction of sp³-hybridized carbons (Fsp3) is 0.500. The van der Waals surface area contributed by atoms with Crippen molar-refractivity contribution < 1.29 is 4.42 Å². The maximum absolute atomic E-state index is 5.33. The van der Waals surface area contributed by atoms with Crippen LogP contribution in [-0.4, -0.2) is 13.1 Å². The van der Waals surface area contributed by atoms with Gasteiger partial charge in [-0.2, -0.15) is 0 Å². The van der Waals surface area contributed by atoms with Gasteiger partial charge in [0.2, 0.25) is 0 Å². The molecule has 1 unspecified atom stereocenters. The summed E-state index contributed by atoms with van der Waals surface area (Å²) >= 11 is 3.26. The molecule has 1 aromatic rings. The third-order valence-corrected chi connectivity index (χ3v) is 2.06. The zero-order valence-corrected chi connectivity index (χ0v) is 8.31. The van der Waals surface area contributed by atoms with E-state index in [1.807, 2.05) is 19.2 Å². The molecule has 0 aliphatic rings. The van der Waals surface area contributed by atoms with Crippen LogP contribution < -0.4 is 5.32 Å². The first-order valence-corrected chi connectivity index (χ1v) is 4.43. The topological polar surface area (TPSA) is 25.2 Å². The summed E-state index contributed by atoms with van der Waals surface area (Å²) in [7, 11) is 1.95. The first-order valence-electron chi connectivity index (χ1n) is 3.64. The highest BCUT2D eigenvalue weighted by atomic mass is 79.9. The zero-order chi connectivity index (χ0) is 8.27. The van der Waals surface area contributed by atoms with Crippen molar-refractivity contribution in [3.05, 3.63) is 22.6 Å². The van der Waals surface area contributed by atoms with Crippen molar-refractivity contribution in [2.24, 2.45) is 0 Å². The lowest BCUT2D eigenvalue weighted by Crippen LogP contribution is -2.23. The van der Waals surface area contributed by atoms with Crippen LogP contribution >= 0.6 is 15.9 Å². The van der Waals surface area contributed by atoms with E-state index in [0.717, 1.165) is 16.9 Å². The van der Waals surface area contributed by atoms with Crippen LogP contribution in [0.2, 0.25) is 0 Å². The molecule has 1 N–H and O–H groups in total. The fourth-order valence-electron chi connectivity index (χ4n) is 0.865. The summed E-state index contributed by atoms with van der Waals surface area (Å²) in [6.45, 7) is 2.12. The molecule has 0 aromatic carbocycles. The third kappa shape index (κ3) is 2.67. The van der Waals surface area contributed by atoms with Gasteiger partial charge >= 0.3 is 0 Å². The number of nitrogens with one attached hydrogen (secondary N) is 1. The van der Waals surface area contributed by atoms with Crippen LogP contribution in [-0.2, 0) is 6.42 Å². The lowest BCUT2D eigenvalue weighted by molar-refractivity contribution is 0.457. The molecule has 0 saturated carbocycles. The van der Waals surface area contributed by atoms with Crippen molar-refractivity contribution in [3.63, 3.8) is 0 Å². The lowest BCUT2D eigenvalue weighted by Gasteiger charge is -2.06. The molecule has 3 heteroatoms. The molecule has 0 aliphatic carbocycles. The van der Waals surface area contributed by atoms with Crippen molar-refractivity contribution in [1.82, 2.24) is 5.32 Å². The lowest BCUT2D eigenvalue weighted by atomic mass is 10.2. The molecule has 0 fully saturated rings. The smallest absolute Gasteiger partial charge is 0.169 e. The van der Waals surface area contributed by atoms with Gasteiger partial charge in [0.15, 0.2) is 4.67 Å². The normalized spacial score (nSPS) is 13.4. The Labute approximate surface area is 75.1 Å². The van der Waals surface area contributed by atoms with Crippen LogP contribution in [0.15, 0.2) is 21.2 Å². The van der Waals surface area contributed by atoms with Crippen molar-refractivity contribution >= 4 is 15.9 Å². The standard InChI is InChI=1S/C8H12BrNO/c1-6(10-2)5-7-3-4-8(9)11-7/h3-4,6,10H,5H2,1-2H3. The quantitative estimate of drug-likeness (QED) is 0.841. The molecule has 0 saturated heterocycles. The summed E-state index contributed by atoms with van der Waals surface area (Å²) in [6, 6.07) is 4.36. The third-order valence-electron chi connectivity index (χ3n) is 1.63. The van der Waals surface area contributed by atoms with Crippen molar-refractivity contribution in [1.29, 1.82) is 0 Å². The second-order valence-electron chi connectivity index (χ2n) is 2.60. The number of hydrogen-bond acceptors (Lipinski definition) is 2. The van der Waals surface area contributed by atoms with E-state index >= 15 is 0 Å². The Morgan fingerprint density at radius 2 is 2.36 bits per heavy atom. The SMILES string of the molecule is CNC(C)Cc1ccc(Br)o1. The molecule has 0 spiro atoms. The number of halogens is 1. The Balaban J connectivity index is 2.50. The van der Waals surface area contributed by atoms with Crippen LogP contribution in [0.1, 0.15) is 12.7 Å². The van der Waals surface area contributed by atoms with Crippen molar-refractivity contribution in [3.8, 4) is 0 Å². The Bertz CT molecular complexity index is 222. The molecule has 0 bridgehead atoms. The fourth-order valence-corrected chi connectivity index (χ4v) is 1.21. The predicted octanol–water partition coefficient (Wildman–Crippen LogP) is 2.19. The Morgan fingerprint density at radius 3 is 2.82 bits per heavy atom. The highest BCUT2D eigenvalue weighted by molar-refractivity contribution is 9.10. The van der Waals surface area contributed by atoms with E-state index in [2.05, 4.69) is 28.2 Å². The minimum absolute atomic E-state index is 0.466. The summed E-state index contributed by atoms with van der Waals surface area (Å²) in [5.74, 6) is 1.01. The minimum atomic E-state index is 0.466. The molecule has 62 valence electrons. The van der Waals surface area contributed by atoms with Crippen molar-refractivity contribution in [2.75, 3.05) is 7.05 Å². The van der Waals surface area contributed by atoms with Crippen LogP contribution in [0.5, 0.6) is 0 Å². The van der Waals surface area contributed by atoms with Gasteiger partial charge < -0.3 is 9.73 Å². The summed E-state index contributed by atoms with van der Waals surface area (Å²) in [6.07, 6.45) is 0.933. The van der Waals surface area contributed by atoms with E-state index in [0.29, 0.717) is 6.04 Å². The molecule has 0 aliphatic heterocycles. The minimum Gasteiger partial charge on any atom is -0.454 e. The van der Waals surface area contributed by atoms with Crippen LogP contribution in [0, 0.1) is 0 Å². The van der Waals surface area contributed by atoms with Gasteiger partial charge in [0.1, 0.15) is 5.76 Å². The van der Waals surface area contributed by atoms with Crippen LogP contribution in [0.4, 0.5) is 0 Å². The van der Waals surface area contributed by atoms with E-state index < -0.39 is 0 Å². The summed E-state index contributed by atoms with van der Waals surface area (Å²) < 4.78 is 6.13. The Kier molecular flexibility index (Phi) is 3.15. The molecular formula is C8H12BrNO. The molecular weight excluding hydrogens is 206 g/mol. The van der Waals surface area contributed by atoms with Crippen LogP contribution in [0.25, 0.3) is 0 Å². The highest BCUT2D eigenvalue weighted by Crippen LogP contribution is 2.14. The average molecular weight is 218 g/mol. The second-order valence-corrected chi connectivity index (χ2v) is 3.38. The first kappa shape index (κ1) is 8.81. The van der Waals surface area contributed by atoms with Gasteiger partial charge in [-0.1, -0.05) is 0 Å². The molecule has 11 heavy (non-hydrogen) atoms. The number of rotatable bonds is 3. The van der Waals surface area contributed by atoms with Crippen molar-refractivity contribution in [2.45, 2.75) is 19.4 Å². The molecule has 1 rings (SSSR count). The van der Waals surface area contributed by atoms with E-state index in [1.165, 1.54) is 0 Å². The van der Waals surface area contributed by atoms with Gasteiger partial charge in [-0.05, 0) is 42.0 Å². The molecule has 1 aromatic heterocycles.